The van der Waals surface area contributed by atoms with E-state index in [9.17, 15) is 4.79 Å². The van der Waals surface area contributed by atoms with Gasteiger partial charge in [-0.3, -0.25) is 9.13 Å². The van der Waals surface area contributed by atoms with Gasteiger partial charge in [0.05, 0.1) is 11.0 Å². The summed E-state index contributed by atoms with van der Waals surface area (Å²) in [6, 6.07) is 60.4. The lowest BCUT2D eigenvalue weighted by Crippen LogP contribution is -2.21. The molecule has 0 N–H and O–H groups in total. The molecule has 0 aliphatic rings. The Morgan fingerprint density at radius 2 is 0.800 bits per heavy atom. The van der Waals surface area contributed by atoms with E-state index in [1.54, 1.807) is 4.57 Å². The van der Waals surface area contributed by atoms with E-state index in [-0.39, 0.29) is 5.69 Å². The van der Waals surface area contributed by atoms with E-state index in [1.807, 2.05) is 67.1 Å². The molecule has 0 unspecified atom stereocenters. The Morgan fingerprint density at radius 1 is 0.400 bits per heavy atom. The van der Waals surface area contributed by atoms with Crippen molar-refractivity contribution in [2.45, 2.75) is 13.5 Å². The fourth-order valence-electron chi connectivity index (χ4n) is 7.42. The summed E-state index contributed by atoms with van der Waals surface area (Å²) < 4.78 is 3.57. The van der Waals surface area contributed by atoms with Crippen molar-refractivity contribution in [2.75, 3.05) is 0 Å². The molecule has 0 fully saturated rings. The van der Waals surface area contributed by atoms with E-state index in [0.29, 0.717) is 24.0 Å². The van der Waals surface area contributed by atoms with Crippen LogP contribution in [0.1, 0.15) is 6.92 Å². The molecule has 9 rings (SSSR count). The number of fused-ring (bicyclic) bond motifs is 1. The van der Waals surface area contributed by atoms with Gasteiger partial charge < -0.3 is 0 Å². The Bertz CT molecular complexity index is 2840. The maximum atomic E-state index is 12.9. The van der Waals surface area contributed by atoms with Crippen LogP contribution in [0.15, 0.2) is 181 Å². The van der Waals surface area contributed by atoms with Crippen LogP contribution in [0.2, 0.25) is 0 Å². The van der Waals surface area contributed by atoms with Crippen LogP contribution in [0.25, 0.3) is 89.7 Å². The number of hydrogen-bond donors (Lipinski definition) is 0. The molecule has 0 radical (unpaired) electrons. The van der Waals surface area contributed by atoms with Gasteiger partial charge in [0.1, 0.15) is 0 Å². The highest BCUT2D eigenvalue weighted by atomic mass is 16.1. The molecule has 2 heterocycles. The van der Waals surface area contributed by atoms with Crippen LogP contribution >= 0.6 is 0 Å². The first kappa shape index (κ1) is 33.6. The SMILES string of the molecule is CCn1c(=O)n(C)c2c(-c3ccc(-c4ccc(-c5nc(-c6ccc(-c7ccccc7)cc6)nc(-c6ccccc6-c6ccccc6)n5)cc4)cc3)cccc21. The Morgan fingerprint density at radius 3 is 1.35 bits per heavy atom. The van der Waals surface area contributed by atoms with E-state index >= 15 is 0 Å². The molecule has 2 aromatic heterocycles. The predicted octanol–water partition coefficient (Wildman–Crippen LogP) is 11.2. The van der Waals surface area contributed by atoms with Crippen LogP contribution in [0.4, 0.5) is 0 Å². The number of rotatable bonds is 8. The fourth-order valence-corrected chi connectivity index (χ4v) is 7.42. The molecule has 9 aromatic rings. The van der Waals surface area contributed by atoms with Crippen LogP contribution in [0, 0.1) is 0 Å². The minimum absolute atomic E-state index is 0.000413. The van der Waals surface area contributed by atoms with Crippen molar-refractivity contribution in [2.24, 2.45) is 7.05 Å². The molecule has 0 aliphatic heterocycles. The second-order valence-corrected chi connectivity index (χ2v) is 13.6. The Labute approximate surface area is 319 Å². The summed E-state index contributed by atoms with van der Waals surface area (Å²) >= 11 is 0. The number of para-hydroxylation sites is 1. The summed E-state index contributed by atoms with van der Waals surface area (Å²) in [4.78, 5) is 28.1. The zero-order valence-electron chi connectivity index (χ0n) is 30.6. The lowest BCUT2D eigenvalue weighted by atomic mass is 9.98. The third-order valence-corrected chi connectivity index (χ3v) is 10.3. The summed E-state index contributed by atoms with van der Waals surface area (Å²) in [6.45, 7) is 2.63. The summed E-state index contributed by atoms with van der Waals surface area (Å²) in [5.41, 5.74) is 13.4. The van der Waals surface area contributed by atoms with Crippen molar-refractivity contribution < 1.29 is 0 Å². The number of aromatic nitrogens is 5. The average molecular weight is 712 g/mol. The van der Waals surface area contributed by atoms with Crippen LogP contribution in [0.3, 0.4) is 0 Å². The molecule has 6 nitrogen and oxygen atoms in total. The number of aryl methyl sites for hydroxylation is 2. The Hall–Kier alpha value is -7.18. The molecule has 7 aromatic carbocycles. The second kappa shape index (κ2) is 14.3. The minimum atomic E-state index is 0.000413. The number of imidazole rings is 1. The van der Waals surface area contributed by atoms with Crippen molar-refractivity contribution in [1.82, 2.24) is 24.1 Å². The molecule has 0 aliphatic carbocycles. The van der Waals surface area contributed by atoms with Gasteiger partial charge in [0.2, 0.25) is 0 Å². The van der Waals surface area contributed by atoms with Crippen LogP contribution in [0.5, 0.6) is 0 Å². The molecule has 0 saturated carbocycles. The topological polar surface area (TPSA) is 65.6 Å². The van der Waals surface area contributed by atoms with Gasteiger partial charge in [-0.2, -0.15) is 0 Å². The summed E-state index contributed by atoms with van der Waals surface area (Å²) in [7, 11) is 1.85. The molecule has 0 atom stereocenters. The third kappa shape index (κ3) is 6.34. The molecule has 0 spiro atoms. The summed E-state index contributed by atoms with van der Waals surface area (Å²) in [5.74, 6) is 1.84. The average Bonchev–Trinajstić information content (AvgIpc) is 3.52. The first-order valence-corrected chi connectivity index (χ1v) is 18.5. The quantitative estimate of drug-likeness (QED) is 0.157. The van der Waals surface area contributed by atoms with E-state index in [2.05, 4.69) is 127 Å². The van der Waals surface area contributed by atoms with Gasteiger partial charge in [0.15, 0.2) is 17.5 Å². The first-order chi connectivity index (χ1) is 27.1. The highest BCUT2D eigenvalue weighted by Crippen LogP contribution is 2.34. The highest BCUT2D eigenvalue weighted by Gasteiger charge is 2.17. The molecule has 0 amide bonds. The van der Waals surface area contributed by atoms with E-state index in [0.717, 1.165) is 72.2 Å². The maximum absolute atomic E-state index is 12.9. The molecular weight excluding hydrogens is 675 g/mol. The van der Waals surface area contributed by atoms with Crippen LogP contribution in [-0.4, -0.2) is 24.1 Å². The van der Waals surface area contributed by atoms with Crippen molar-refractivity contribution in [1.29, 1.82) is 0 Å². The molecule has 6 heteroatoms. The molecule has 0 saturated heterocycles. The second-order valence-electron chi connectivity index (χ2n) is 13.6. The van der Waals surface area contributed by atoms with Gasteiger partial charge in [-0.05, 0) is 51.9 Å². The van der Waals surface area contributed by atoms with Crippen LogP contribution < -0.4 is 5.69 Å². The first-order valence-electron chi connectivity index (χ1n) is 18.5. The van der Waals surface area contributed by atoms with Gasteiger partial charge in [0.25, 0.3) is 0 Å². The monoisotopic (exact) mass is 711 g/mol. The molecule has 264 valence electrons. The Balaban J connectivity index is 1.08. The predicted molar refractivity (Wildman–Crippen MR) is 224 cm³/mol. The van der Waals surface area contributed by atoms with Crippen LogP contribution in [-0.2, 0) is 13.6 Å². The van der Waals surface area contributed by atoms with Gasteiger partial charge in [-0.25, -0.2) is 19.7 Å². The molecule has 0 bridgehead atoms. The van der Waals surface area contributed by atoms with E-state index in [1.165, 1.54) is 0 Å². The fraction of sp³-hybridized carbons (Fsp3) is 0.0612. The highest BCUT2D eigenvalue weighted by molar-refractivity contribution is 5.93. The minimum Gasteiger partial charge on any atom is -0.294 e. The normalized spacial score (nSPS) is 11.2. The van der Waals surface area contributed by atoms with Gasteiger partial charge >= 0.3 is 5.69 Å². The number of benzene rings is 7. The van der Waals surface area contributed by atoms with Gasteiger partial charge in [-0.15, -0.1) is 0 Å². The number of nitrogens with zero attached hydrogens (tertiary/aromatic N) is 5. The molecule has 55 heavy (non-hydrogen) atoms. The van der Waals surface area contributed by atoms with Crippen molar-refractivity contribution in [3.8, 4) is 78.7 Å². The third-order valence-electron chi connectivity index (χ3n) is 10.3. The lowest BCUT2D eigenvalue weighted by molar-refractivity contribution is 0.712. The number of hydrogen-bond acceptors (Lipinski definition) is 4. The Kier molecular flexibility index (Phi) is 8.77. The van der Waals surface area contributed by atoms with E-state index in [4.69, 9.17) is 15.0 Å². The van der Waals surface area contributed by atoms with Crippen molar-refractivity contribution in [3.63, 3.8) is 0 Å². The van der Waals surface area contributed by atoms with Crippen molar-refractivity contribution in [3.05, 3.63) is 186 Å². The molecular formula is C49H37N5O. The zero-order chi connectivity index (χ0) is 37.3. The van der Waals surface area contributed by atoms with Gasteiger partial charge in [-0.1, -0.05) is 170 Å². The summed E-state index contributed by atoms with van der Waals surface area (Å²) in [6.07, 6.45) is 0. The largest absolute Gasteiger partial charge is 0.328 e. The van der Waals surface area contributed by atoms with Crippen molar-refractivity contribution >= 4 is 11.0 Å². The maximum Gasteiger partial charge on any atom is 0.328 e. The standard InChI is InChI=1S/C49H37N5O/c1-3-54-44-20-12-19-42(45(44)53(2)49(54)55)38-27-21-35(22-28-38)36-25-31-40(32-26-36)47-50-46(39-29-23-34(24-30-39)33-13-6-4-7-14-33)51-48(52-47)43-18-11-10-17-41(43)37-15-8-5-9-16-37/h4-32H,3H2,1-2H3. The zero-order valence-corrected chi connectivity index (χ0v) is 30.6. The van der Waals surface area contributed by atoms with E-state index < -0.39 is 0 Å². The smallest absolute Gasteiger partial charge is 0.294 e. The van der Waals surface area contributed by atoms with Gasteiger partial charge in [0, 0.05) is 35.8 Å². The lowest BCUT2D eigenvalue weighted by Gasteiger charge is -2.12. The summed E-state index contributed by atoms with van der Waals surface area (Å²) in [5, 5.41) is 0.